The monoisotopic (exact) mass is 250 g/mol. The highest BCUT2D eigenvalue weighted by Gasteiger charge is 2.32. The maximum absolute atomic E-state index is 11.4. The summed E-state index contributed by atoms with van der Waals surface area (Å²) in [5.41, 5.74) is 1.05. The van der Waals surface area contributed by atoms with Gasteiger partial charge in [0, 0.05) is 25.9 Å². The molecular formula is C13H18N2O3. The number of hydrogen-bond acceptors (Lipinski definition) is 4. The van der Waals surface area contributed by atoms with Crippen LogP contribution >= 0.6 is 0 Å². The third-order valence-electron chi connectivity index (χ3n) is 3.15. The molecule has 1 fully saturated rings. The number of aryl methyl sites for hydroxylation is 1. The Bertz CT molecular complexity index is 444. The van der Waals surface area contributed by atoms with E-state index in [2.05, 4.69) is 9.88 Å². The highest BCUT2D eigenvalue weighted by atomic mass is 16.5. The Morgan fingerprint density at radius 3 is 2.89 bits per heavy atom. The van der Waals surface area contributed by atoms with Gasteiger partial charge in [-0.05, 0) is 31.4 Å². The highest BCUT2D eigenvalue weighted by molar-refractivity contribution is 5.95. The first-order valence-electron chi connectivity index (χ1n) is 6.09. The molecular weight excluding hydrogens is 232 g/mol. The first-order valence-corrected chi connectivity index (χ1v) is 6.09. The van der Waals surface area contributed by atoms with Crippen molar-refractivity contribution in [1.29, 1.82) is 0 Å². The van der Waals surface area contributed by atoms with Crippen LogP contribution in [0.4, 0.5) is 5.82 Å². The van der Waals surface area contributed by atoms with Crippen LogP contribution in [0.1, 0.15) is 28.8 Å². The zero-order chi connectivity index (χ0) is 13.1. The molecule has 98 valence electrons. The minimum atomic E-state index is -0.918. The summed E-state index contributed by atoms with van der Waals surface area (Å²) in [6.07, 6.45) is 3.86. The predicted molar refractivity (Wildman–Crippen MR) is 68.2 cm³/mol. The van der Waals surface area contributed by atoms with E-state index in [0.717, 1.165) is 18.4 Å². The van der Waals surface area contributed by atoms with Crippen LogP contribution in [0.2, 0.25) is 0 Å². The molecule has 1 aliphatic rings. The van der Waals surface area contributed by atoms with Crippen molar-refractivity contribution in [3.05, 3.63) is 23.4 Å². The quantitative estimate of drug-likeness (QED) is 0.832. The Kier molecular flexibility index (Phi) is 3.81. The fourth-order valence-corrected chi connectivity index (χ4v) is 2.06. The Hall–Kier alpha value is -1.62. The van der Waals surface area contributed by atoms with Gasteiger partial charge in [-0.1, -0.05) is 0 Å². The van der Waals surface area contributed by atoms with Crippen LogP contribution in [0.25, 0.3) is 0 Å². The van der Waals surface area contributed by atoms with Crippen molar-refractivity contribution in [1.82, 2.24) is 4.98 Å². The number of carboxylic acid groups (broad SMARTS) is 1. The number of rotatable bonds is 6. The molecule has 1 saturated carbocycles. The van der Waals surface area contributed by atoms with Gasteiger partial charge in [0.05, 0.1) is 6.61 Å². The maximum Gasteiger partial charge on any atom is 0.339 e. The third kappa shape index (κ3) is 2.61. The fourth-order valence-electron chi connectivity index (χ4n) is 2.06. The standard InChI is InChI=1S/C13H18N2O3/c1-9-5-6-14-12(11(9)13(16)17)15(7-8-18-2)10-3-4-10/h5-6,10H,3-4,7-8H2,1-2H3,(H,16,17). The van der Waals surface area contributed by atoms with Crippen molar-refractivity contribution < 1.29 is 14.6 Å². The van der Waals surface area contributed by atoms with Gasteiger partial charge in [-0.2, -0.15) is 0 Å². The van der Waals surface area contributed by atoms with Crippen molar-refractivity contribution in [2.45, 2.75) is 25.8 Å². The molecule has 1 aromatic rings. The van der Waals surface area contributed by atoms with Crippen LogP contribution in [0.15, 0.2) is 12.3 Å². The Morgan fingerprint density at radius 2 is 2.33 bits per heavy atom. The summed E-state index contributed by atoms with van der Waals surface area (Å²) in [5.74, 6) is -0.347. The Balaban J connectivity index is 2.34. The molecule has 0 bridgehead atoms. The SMILES string of the molecule is COCCN(c1nccc(C)c1C(=O)O)C1CC1. The molecule has 0 spiro atoms. The number of aromatic carboxylic acids is 1. The number of methoxy groups -OCH3 is 1. The van der Waals surface area contributed by atoms with E-state index < -0.39 is 5.97 Å². The molecule has 0 amide bonds. The molecule has 2 rings (SSSR count). The smallest absolute Gasteiger partial charge is 0.339 e. The number of carboxylic acids is 1. The van der Waals surface area contributed by atoms with Gasteiger partial charge in [-0.15, -0.1) is 0 Å². The van der Waals surface area contributed by atoms with Crippen molar-refractivity contribution in [3.63, 3.8) is 0 Å². The summed E-state index contributed by atoms with van der Waals surface area (Å²) in [6.45, 7) is 3.05. The summed E-state index contributed by atoms with van der Waals surface area (Å²) < 4.78 is 5.09. The summed E-state index contributed by atoms with van der Waals surface area (Å²) >= 11 is 0. The van der Waals surface area contributed by atoms with Gasteiger partial charge in [0.15, 0.2) is 0 Å². The van der Waals surface area contributed by atoms with Crippen molar-refractivity contribution in [3.8, 4) is 0 Å². The second-order valence-corrected chi connectivity index (χ2v) is 4.55. The predicted octanol–water partition coefficient (Wildman–Crippen LogP) is 1.70. The molecule has 0 saturated heterocycles. The van der Waals surface area contributed by atoms with Gasteiger partial charge in [0.1, 0.15) is 11.4 Å². The van der Waals surface area contributed by atoms with Crippen LogP contribution < -0.4 is 4.90 Å². The molecule has 1 heterocycles. The lowest BCUT2D eigenvalue weighted by Crippen LogP contribution is -2.32. The molecule has 0 unspecified atom stereocenters. The molecule has 1 aromatic heterocycles. The number of nitrogens with zero attached hydrogens (tertiary/aromatic N) is 2. The number of anilines is 1. The van der Waals surface area contributed by atoms with Gasteiger partial charge in [-0.3, -0.25) is 0 Å². The van der Waals surface area contributed by atoms with Crippen LogP contribution in [0.3, 0.4) is 0 Å². The average Bonchev–Trinajstić information content (AvgIpc) is 3.13. The van der Waals surface area contributed by atoms with Gasteiger partial charge in [0.25, 0.3) is 0 Å². The van der Waals surface area contributed by atoms with Crippen LogP contribution in [-0.2, 0) is 4.74 Å². The number of aromatic nitrogens is 1. The number of pyridine rings is 1. The molecule has 1 aliphatic carbocycles. The highest BCUT2D eigenvalue weighted by Crippen LogP contribution is 2.33. The second kappa shape index (κ2) is 5.35. The van der Waals surface area contributed by atoms with Crippen LogP contribution in [-0.4, -0.2) is 42.4 Å². The number of hydrogen-bond donors (Lipinski definition) is 1. The second-order valence-electron chi connectivity index (χ2n) is 4.55. The lowest BCUT2D eigenvalue weighted by molar-refractivity contribution is 0.0696. The summed E-state index contributed by atoms with van der Waals surface area (Å²) in [7, 11) is 1.65. The molecule has 18 heavy (non-hydrogen) atoms. The minimum absolute atomic E-state index is 0.306. The molecule has 5 heteroatoms. The van der Waals surface area contributed by atoms with Gasteiger partial charge in [0.2, 0.25) is 0 Å². The Morgan fingerprint density at radius 1 is 1.61 bits per heavy atom. The largest absolute Gasteiger partial charge is 0.478 e. The first kappa shape index (κ1) is 12.8. The lowest BCUT2D eigenvalue weighted by atomic mass is 10.1. The van der Waals surface area contributed by atoms with E-state index in [1.807, 2.05) is 0 Å². The summed E-state index contributed by atoms with van der Waals surface area (Å²) in [5, 5.41) is 9.33. The van der Waals surface area contributed by atoms with E-state index in [4.69, 9.17) is 4.74 Å². The zero-order valence-electron chi connectivity index (χ0n) is 10.7. The molecule has 0 radical (unpaired) electrons. The number of ether oxygens (including phenoxy) is 1. The van der Waals surface area contributed by atoms with E-state index >= 15 is 0 Å². The van der Waals surface area contributed by atoms with Gasteiger partial charge < -0.3 is 14.7 Å². The summed E-state index contributed by atoms with van der Waals surface area (Å²) in [6, 6.07) is 2.14. The minimum Gasteiger partial charge on any atom is -0.478 e. The molecule has 0 atom stereocenters. The number of carbonyl (C=O) groups is 1. The van der Waals surface area contributed by atoms with Crippen molar-refractivity contribution in [2.75, 3.05) is 25.2 Å². The lowest BCUT2D eigenvalue weighted by Gasteiger charge is -2.25. The Labute approximate surface area is 106 Å². The van der Waals surface area contributed by atoms with E-state index in [1.165, 1.54) is 0 Å². The van der Waals surface area contributed by atoms with Crippen LogP contribution in [0, 0.1) is 6.92 Å². The molecule has 0 aromatic carbocycles. The molecule has 1 N–H and O–H groups in total. The van der Waals surface area contributed by atoms with Crippen molar-refractivity contribution >= 4 is 11.8 Å². The molecule has 0 aliphatic heterocycles. The first-order chi connectivity index (χ1) is 8.65. The normalized spacial score (nSPS) is 14.6. The van der Waals surface area contributed by atoms with Gasteiger partial charge >= 0.3 is 5.97 Å². The van der Waals surface area contributed by atoms with Crippen LogP contribution in [0.5, 0.6) is 0 Å². The van der Waals surface area contributed by atoms with E-state index in [-0.39, 0.29) is 0 Å². The van der Waals surface area contributed by atoms with Crippen molar-refractivity contribution in [2.24, 2.45) is 0 Å². The molecule has 5 nitrogen and oxygen atoms in total. The van der Waals surface area contributed by atoms with E-state index in [0.29, 0.717) is 30.6 Å². The van der Waals surface area contributed by atoms with E-state index in [9.17, 15) is 9.90 Å². The summed E-state index contributed by atoms with van der Waals surface area (Å²) in [4.78, 5) is 17.7. The fraction of sp³-hybridized carbons (Fsp3) is 0.538. The topological polar surface area (TPSA) is 62.7 Å². The van der Waals surface area contributed by atoms with Gasteiger partial charge in [-0.25, -0.2) is 9.78 Å². The average molecular weight is 250 g/mol. The zero-order valence-corrected chi connectivity index (χ0v) is 10.7. The maximum atomic E-state index is 11.4. The van der Waals surface area contributed by atoms with E-state index in [1.54, 1.807) is 26.3 Å². The third-order valence-corrected chi connectivity index (χ3v) is 3.15.